The summed E-state index contributed by atoms with van der Waals surface area (Å²) in [5.41, 5.74) is 5.74. The van der Waals surface area contributed by atoms with Crippen LogP contribution in [-0.2, 0) is 21.1 Å². The van der Waals surface area contributed by atoms with Gasteiger partial charge in [-0.3, -0.25) is 4.79 Å². The van der Waals surface area contributed by atoms with Crippen molar-refractivity contribution in [2.24, 2.45) is 5.41 Å². The Morgan fingerprint density at radius 1 is 1.21 bits per heavy atom. The summed E-state index contributed by atoms with van der Waals surface area (Å²) < 4.78 is 23.4. The Morgan fingerprint density at radius 2 is 1.97 bits per heavy atom. The minimum absolute atomic E-state index is 0.157. The van der Waals surface area contributed by atoms with Crippen molar-refractivity contribution in [3.63, 3.8) is 0 Å². The number of nitrogens with one attached hydrogen (secondary N) is 1. The predicted octanol–water partition coefficient (Wildman–Crippen LogP) is 4.62. The lowest BCUT2D eigenvalue weighted by Crippen LogP contribution is -2.41. The number of hydrogen-bond donors (Lipinski definition) is 1. The third-order valence-electron chi connectivity index (χ3n) is 7.08. The molecule has 1 N–H and O–H groups in total. The molecule has 1 heterocycles. The highest BCUT2D eigenvalue weighted by Crippen LogP contribution is 2.40. The summed E-state index contributed by atoms with van der Waals surface area (Å²) in [6, 6.07) is 6.23. The van der Waals surface area contributed by atoms with Crippen LogP contribution in [0.25, 0.3) is 10.4 Å². The van der Waals surface area contributed by atoms with Crippen LogP contribution >= 0.6 is 0 Å². The van der Waals surface area contributed by atoms with E-state index >= 15 is 0 Å². The van der Waals surface area contributed by atoms with Crippen molar-refractivity contribution in [3.8, 4) is 0 Å². The normalized spacial score (nSPS) is 21.7. The van der Waals surface area contributed by atoms with Gasteiger partial charge in [-0.05, 0) is 66.9 Å². The summed E-state index contributed by atoms with van der Waals surface area (Å²) in [5.74, 6) is 0.326. The third-order valence-corrected chi connectivity index (χ3v) is 8.69. The summed E-state index contributed by atoms with van der Waals surface area (Å²) in [6.07, 6.45) is 10.1. The Kier molecular flexibility index (Phi) is 7.11. The molecule has 1 amide bonds. The molecule has 6 nitrogen and oxygen atoms in total. The molecule has 1 aromatic rings. The second-order valence-corrected chi connectivity index (χ2v) is 12.6. The lowest BCUT2D eigenvalue weighted by atomic mass is 9.76. The maximum absolute atomic E-state index is 12.9. The monoisotopic (exact) mass is 479 g/mol. The van der Waals surface area contributed by atoms with Crippen LogP contribution in [0, 0.1) is 12.0 Å². The van der Waals surface area contributed by atoms with Crippen LogP contribution in [0.4, 0.5) is 5.69 Å². The first-order chi connectivity index (χ1) is 16.1. The minimum Gasteiger partial charge on any atom is -0.322 e. The van der Waals surface area contributed by atoms with E-state index < -0.39 is 9.84 Å². The molecule has 0 unspecified atom stereocenters. The Balaban J connectivity index is 1.52. The Labute approximate surface area is 203 Å². The number of allylic oxidation sites excluding steroid dienone is 4. The zero-order chi connectivity index (χ0) is 24.3. The molecule has 1 fully saturated rings. The molecule has 3 aliphatic rings. The number of carbonyl (C=O) groups excluding carboxylic acids is 1. The van der Waals surface area contributed by atoms with Gasteiger partial charge in [0.2, 0.25) is 0 Å². The predicted molar refractivity (Wildman–Crippen MR) is 137 cm³/mol. The number of rotatable bonds is 6. The van der Waals surface area contributed by atoms with E-state index in [4.69, 9.17) is 6.57 Å². The first-order valence-electron chi connectivity index (χ1n) is 12.0. The molecule has 0 saturated carbocycles. The molecule has 0 atom stereocenters. The molecular weight excluding hydrogens is 446 g/mol. The van der Waals surface area contributed by atoms with Crippen LogP contribution in [0.3, 0.4) is 0 Å². The summed E-state index contributed by atoms with van der Waals surface area (Å²) in [5, 5.41) is 3.10. The van der Waals surface area contributed by atoms with Gasteiger partial charge >= 0.3 is 0 Å². The van der Waals surface area contributed by atoms with E-state index in [1.165, 1.54) is 11.1 Å². The number of amides is 1. The maximum atomic E-state index is 12.9. The third kappa shape index (κ3) is 6.05. The number of nitrogens with zero attached hydrogens (tertiary/aromatic N) is 2. The molecule has 1 saturated heterocycles. The van der Waals surface area contributed by atoms with Crippen LogP contribution in [-0.4, -0.2) is 50.4 Å². The molecule has 0 spiro atoms. The molecule has 2 aliphatic carbocycles. The summed E-state index contributed by atoms with van der Waals surface area (Å²) in [4.78, 5) is 18.5. The molecule has 1 aromatic carbocycles. The highest BCUT2D eigenvalue weighted by Gasteiger charge is 2.25. The van der Waals surface area contributed by atoms with E-state index in [0.717, 1.165) is 43.5 Å². The van der Waals surface area contributed by atoms with Gasteiger partial charge in [0.15, 0.2) is 15.5 Å². The molecule has 180 valence electrons. The quantitative estimate of drug-likeness (QED) is 0.604. The van der Waals surface area contributed by atoms with E-state index in [1.54, 1.807) is 12.2 Å². The van der Waals surface area contributed by atoms with Crippen LogP contribution in [0.5, 0.6) is 0 Å². The summed E-state index contributed by atoms with van der Waals surface area (Å²) >= 11 is 0. The topological polar surface area (TPSA) is 70.8 Å². The molecule has 1 aliphatic heterocycles. The van der Waals surface area contributed by atoms with Gasteiger partial charge in [0.05, 0.1) is 18.1 Å². The lowest BCUT2D eigenvalue weighted by molar-refractivity contribution is -0.112. The lowest BCUT2D eigenvalue weighted by Gasteiger charge is -2.30. The van der Waals surface area contributed by atoms with Crippen LogP contribution in [0.15, 0.2) is 47.7 Å². The molecule has 34 heavy (non-hydrogen) atoms. The zero-order valence-electron chi connectivity index (χ0n) is 20.1. The van der Waals surface area contributed by atoms with Crippen LogP contribution < -0.4 is 5.32 Å². The summed E-state index contributed by atoms with van der Waals surface area (Å²) in [7, 11) is -2.87. The number of benzene rings is 1. The van der Waals surface area contributed by atoms with E-state index in [0.29, 0.717) is 30.8 Å². The standard InChI is InChI=1S/C27H33N3O3S/c1-27(2)11-8-21(9-12-27)24-18-20(10-13-30-14-16-34(32,33)17-15-30)4-7-25(24)29-26(31)22-5-6-23(19-22)28-3/h4,6-8,18-19H,5,9-17H2,1-2H3,(H,29,31). The van der Waals surface area contributed by atoms with Gasteiger partial charge in [-0.25, -0.2) is 13.3 Å². The van der Waals surface area contributed by atoms with E-state index in [9.17, 15) is 13.2 Å². The molecule has 0 aromatic heterocycles. The SMILES string of the molecule is [C-]#[N+]C1=CCC(C(=O)Nc2ccc(CCN3CCS(=O)(=O)CC3)cc2C2=CCC(C)(C)CC2)=C1. The van der Waals surface area contributed by atoms with Crippen molar-refractivity contribution in [1.82, 2.24) is 4.90 Å². The van der Waals surface area contributed by atoms with Gasteiger partial charge in [0.25, 0.3) is 5.91 Å². The molecule has 0 bridgehead atoms. The minimum atomic E-state index is -2.87. The van der Waals surface area contributed by atoms with E-state index in [2.05, 4.69) is 47.1 Å². The molecule has 0 radical (unpaired) electrons. The van der Waals surface area contributed by atoms with Crippen molar-refractivity contribution in [1.29, 1.82) is 0 Å². The first kappa shape index (κ1) is 24.4. The van der Waals surface area contributed by atoms with Gasteiger partial charge in [-0.2, -0.15) is 0 Å². The van der Waals surface area contributed by atoms with Crippen LogP contribution in [0.2, 0.25) is 0 Å². The highest BCUT2D eigenvalue weighted by molar-refractivity contribution is 7.91. The van der Waals surface area contributed by atoms with Gasteiger partial charge in [-0.1, -0.05) is 32.1 Å². The fourth-order valence-electron chi connectivity index (χ4n) is 4.65. The second-order valence-electron chi connectivity index (χ2n) is 10.3. The van der Waals surface area contributed by atoms with Gasteiger partial charge in [0, 0.05) is 36.5 Å². The van der Waals surface area contributed by atoms with Crippen molar-refractivity contribution < 1.29 is 13.2 Å². The maximum Gasteiger partial charge on any atom is 0.250 e. The average molecular weight is 480 g/mol. The summed E-state index contributed by atoms with van der Waals surface area (Å²) in [6.45, 7) is 13.7. The molecular formula is C27H33N3O3S. The highest BCUT2D eigenvalue weighted by atomic mass is 32.2. The molecule has 7 heteroatoms. The first-order valence-corrected chi connectivity index (χ1v) is 13.8. The molecule has 4 rings (SSSR count). The Morgan fingerprint density at radius 3 is 2.62 bits per heavy atom. The van der Waals surface area contributed by atoms with Gasteiger partial charge < -0.3 is 10.2 Å². The largest absolute Gasteiger partial charge is 0.322 e. The van der Waals surface area contributed by atoms with Gasteiger partial charge in [-0.15, -0.1) is 0 Å². The average Bonchev–Trinajstić information content (AvgIpc) is 3.29. The van der Waals surface area contributed by atoms with Crippen molar-refractivity contribution in [3.05, 3.63) is 70.2 Å². The smallest absolute Gasteiger partial charge is 0.250 e. The van der Waals surface area contributed by atoms with E-state index in [-0.39, 0.29) is 22.8 Å². The zero-order valence-corrected chi connectivity index (χ0v) is 20.9. The number of hydrogen-bond acceptors (Lipinski definition) is 4. The van der Waals surface area contributed by atoms with E-state index in [1.807, 2.05) is 6.07 Å². The fourth-order valence-corrected chi connectivity index (χ4v) is 5.93. The second kappa shape index (κ2) is 9.89. The van der Waals surface area contributed by atoms with Gasteiger partial charge in [0.1, 0.15) is 0 Å². The number of anilines is 1. The van der Waals surface area contributed by atoms with Crippen LogP contribution in [0.1, 0.15) is 50.7 Å². The number of sulfone groups is 1. The van der Waals surface area contributed by atoms with Crippen molar-refractivity contribution >= 4 is 27.0 Å². The van der Waals surface area contributed by atoms with Crippen molar-refractivity contribution in [2.45, 2.75) is 46.0 Å². The Hall–Kier alpha value is -2.69. The number of carbonyl (C=O) groups is 1. The van der Waals surface area contributed by atoms with Crippen molar-refractivity contribution in [2.75, 3.05) is 36.5 Å². The fraction of sp³-hybridized carbons (Fsp3) is 0.481. The Bertz CT molecular complexity index is 1200.